The van der Waals surface area contributed by atoms with Crippen molar-refractivity contribution < 1.29 is 10.2 Å². The molecule has 0 atom stereocenters. The molecule has 0 saturated carbocycles. The molecule has 1 aromatic heterocycles. The number of rotatable bonds is 1. The summed E-state index contributed by atoms with van der Waals surface area (Å²) in [6.07, 6.45) is 2.96. The lowest BCUT2D eigenvalue weighted by molar-refractivity contribution is 0.391. The highest BCUT2D eigenvalue weighted by molar-refractivity contribution is 14.1. The van der Waals surface area contributed by atoms with E-state index in [1.807, 2.05) is 18.4 Å². The predicted octanol–water partition coefficient (Wildman–Crippen LogP) is 4.12. The van der Waals surface area contributed by atoms with Gasteiger partial charge in [-0.1, -0.05) is 0 Å². The van der Waals surface area contributed by atoms with Gasteiger partial charge in [-0.2, -0.15) is 0 Å². The third kappa shape index (κ3) is 2.01. The normalized spacial score (nSPS) is 14.3. The van der Waals surface area contributed by atoms with Crippen molar-refractivity contribution in [3.05, 3.63) is 32.5 Å². The Labute approximate surface area is 132 Å². The molecule has 0 aliphatic carbocycles. The molecular formula is C16H18INO2. The van der Waals surface area contributed by atoms with Crippen LogP contribution in [0.1, 0.15) is 29.7 Å². The molecule has 106 valence electrons. The predicted molar refractivity (Wildman–Crippen MR) is 88.3 cm³/mol. The first kappa shape index (κ1) is 13.8. The summed E-state index contributed by atoms with van der Waals surface area (Å²) in [6, 6.07) is 4.16. The fourth-order valence-electron chi connectivity index (χ4n) is 3.23. The summed E-state index contributed by atoms with van der Waals surface area (Å²) in [5.41, 5.74) is 4.61. The quantitative estimate of drug-likeness (QED) is 0.728. The van der Waals surface area contributed by atoms with E-state index in [2.05, 4.69) is 34.7 Å². The molecule has 1 aromatic carbocycles. The first-order valence-corrected chi connectivity index (χ1v) is 7.99. The molecule has 1 aliphatic rings. The van der Waals surface area contributed by atoms with E-state index in [1.165, 1.54) is 3.57 Å². The Morgan fingerprint density at radius 2 is 1.70 bits per heavy atom. The second kappa shape index (κ2) is 4.98. The van der Waals surface area contributed by atoms with Crippen molar-refractivity contribution in [3.63, 3.8) is 0 Å². The van der Waals surface area contributed by atoms with Crippen LogP contribution in [0.25, 0.3) is 11.1 Å². The molecule has 1 aliphatic heterocycles. The highest BCUT2D eigenvalue weighted by Gasteiger charge is 2.26. The average molecular weight is 383 g/mol. The van der Waals surface area contributed by atoms with Crippen LogP contribution in [-0.4, -0.2) is 14.8 Å². The summed E-state index contributed by atoms with van der Waals surface area (Å²) < 4.78 is 3.04. The van der Waals surface area contributed by atoms with E-state index in [0.717, 1.165) is 48.2 Å². The van der Waals surface area contributed by atoms with Crippen LogP contribution < -0.4 is 0 Å². The summed E-state index contributed by atoms with van der Waals surface area (Å²) in [4.78, 5) is 0. The van der Waals surface area contributed by atoms with Crippen molar-refractivity contribution in [2.75, 3.05) is 0 Å². The van der Waals surface area contributed by atoms with Crippen LogP contribution in [0.5, 0.6) is 11.6 Å². The molecule has 0 fully saturated rings. The monoisotopic (exact) mass is 383 g/mol. The maximum absolute atomic E-state index is 10.5. The van der Waals surface area contributed by atoms with Gasteiger partial charge in [-0.05, 0) is 84.5 Å². The zero-order valence-corrected chi connectivity index (χ0v) is 13.9. The van der Waals surface area contributed by atoms with Gasteiger partial charge in [0.15, 0.2) is 0 Å². The Bertz CT molecular complexity index is 636. The number of hydrogen-bond acceptors (Lipinski definition) is 2. The Morgan fingerprint density at radius 1 is 1.05 bits per heavy atom. The lowest BCUT2D eigenvalue weighted by Crippen LogP contribution is -2.08. The second-order valence-electron chi connectivity index (χ2n) is 5.52. The Hall–Kier alpha value is -1.17. The lowest BCUT2D eigenvalue weighted by atomic mass is 9.96. The molecule has 0 spiro atoms. The van der Waals surface area contributed by atoms with Gasteiger partial charge in [0, 0.05) is 10.1 Å². The van der Waals surface area contributed by atoms with Crippen molar-refractivity contribution in [2.45, 2.75) is 39.7 Å². The first-order chi connectivity index (χ1) is 9.50. The van der Waals surface area contributed by atoms with Crippen molar-refractivity contribution in [3.8, 4) is 22.8 Å². The van der Waals surface area contributed by atoms with Gasteiger partial charge < -0.3 is 14.8 Å². The van der Waals surface area contributed by atoms with Gasteiger partial charge in [-0.25, -0.2) is 0 Å². The molecule has 0 amide bonds. The fraction of sp³-hybridized carbons (Fsp3) is 0.375. The summed E-state index contributed by atoms with van der Waals surface area (Å²) in [6.45, 7) is 4.84. The maximum Gasteiger partial charge on any atom is 0.203 e. The van der Waals surface area contributed by atoms with Gasteiger partial charge in [0.25, 0.3) is 0 Å². The van der Waals surface area contributed by atoms with Crippen molar-refractivity contribution in [1.82, 2.24) is 4.57 Å². The van der Waals surface area contributed by atoms with E-state index in [0.29, 0.717) is 5.56 Å². The Kier molecular flexibility index (Phi) is 3.44. The molecule has 0 saturated heterocycles. The van der Waals surface area contributed by atoms with Crippen LogP contribution in [0.15, 0.2) is 12.1 Å². The maximum atomic E-state index is 10.5. The minimum atomic E-state index is 0.213. The summed E-state index contributed by atoms with van der Waals surface area (Å²) >= 11 is 2.29. The molecule has 0 bridgehead atoms. The topological polar surface area (TPSA) is 45.4 Å². The van der Waals surface area contributed by atoms with Gasteiger partial charge in [0.2, 0.25) is 5.88 Å². The number of fused-ring (bicyclic) bond motifs is 1. The van der Waals surface area contributed by atoms with Gasteiger partial charge in [-0.3, -0.25) is 0 Å². The van der Waals surface area contributed by atoms with Gasteiger partial charge in [-0.15, -0.1) is 0 Å². The molecule has 2 heterocycles. The second-order valence-corrected chi connectivity index (χ2v) is 6.76. The molecule has 3 nitrogen and oxygen atoms in total. The zero-order valence-electron chi connectivity index (χ0n) is 11.7. The molecule has 4 heteroatoms. The van der Waals surface area contributed by atoms with Crippen LogP contribution in [-0.2, 0) is 13.0 Å². The van der Waals surface area contributed by atoms with E-state index < -0.39 is 0 Å². The third-order valence-corrected chi connectivity index (χ3v) is 4.73. The van der Waals surface area contributed by atoms with Gasteiger partial charge in [0.1, 0.15) is 5.75 Å². The van der Waals surface area contributed by atoms with Crippen LogP contribution in [0.2, 0.25) is 0 Å². The van der Waals surface area contributed by atoms with Crippen LogP contribution in [0.3, 0.4) is 0 Å². The van der Waals surface area contributed by atoms with E-state index in [1.54, 1.807) is 0 Å². The van der Waals surface area contributed by atoms with E-state index in [-0.39, 0.29) is 11.6 Å². The van der Waals surface area contributed by atoms with Gasteiger partial charge in [0.05, 0.1) is 11.3 Å². The zero-order chi connectivity index (χ0) is 14.4. The number of nitrogens with zero attached hydrogens (tertiary/aromatic N) is 1. The van der Waals surface area contributed by atoms with Crippen molar-refractivity contribution >= 4 is 22.6 Å². The number of aromatic nitrogens is 1. The highest BCUT2D eigenvalue weighted by atomic mass is 127. The minimum Gasteiger partial charge on any atom is -0.505 e. The SMILES string of the molecule is Cc1cc(I)cc(C)c1-c1c(O)c2n(c1O)CCCC2. The van der Waals surface area contributed by atoms with Crippen molar-refractivity contribution in [2.24, 2.45) is 0 Å². The molecule has 2 N–H and O–H groups in total. The summed E-state index contributed by atoms with van der Waals surface area (Å²) in [5, 5.41) is 21.1. The lowest BCUT2D eigenvalue weighted by Gasteiger charge is -2.15. The Morgan fingerprint density at radius 3 is 2.30 bits per heavy atom. The third-order valence-electron chi connectivity index (χ3n) is 4.11. The number of benzene rings is 1. The standard InChI is InChI=1S/C16H18INO2/c1-9-7-11(17)8-10(2)13(9)14-15(19)12-5-3-4-6-18(12)16(14)20/h7-8,19-20H,3-6H2,1-2H3. The van der Waals surface area contributed by atoms with Crippen LogP contribution in [0, 0.1) is 17.4 Å². The molecular weight excluding hydrogens is 365 g/mol. The molecule has 3 rings (SSSR count). The summed E-state index contributed by atoms with van der Waals surface area (Å²) in [5.74, 6) is 0.471. The fourth-order valence-corrected chi connectivity index (χ4v) is 4.17. The van der Waals surface area contributed by atoms with Crippen LogP contribution in [0.4, 0.5) is 0 Å². The van der Waals surface area contributed by atoms with E-state index >= 15 is 0 Å². The molecule has 2 aromatic rings. The number of aromatic hydroxyl groups is 2. The number of aryl methyl sites for hydroxylation is 2. The minimum absolute atomic E-state index is 0.213. The average Bonchev–Trinajstić information content (AvgIpc) is 2.64. The smallest absolute Gasteiger partial charge is 0.203 e. The van der Waals surface area contributed by atoms with Crippen LogP contribution >= 0.6 is 22.6 Å². The Balaban J connectivity index is 2.28. The molecule has 0 radical (unpaired) electrons. The molecule has 0 unspecified atom stereocenters. The van der Waals surface area contributed by atoms with Crippen molar-refractivity contribution in [1.29, 1.82) is 0 Å². The van der Waals surface area contributed by atoms with E-state index in [9.17, 15) is 10.2 Å². The number of hydrogen-bond donors (Lipinski definition) is 2. The largest absolute Gasteiger partial charge is 0.505 e. The first-order valence-electron chi connectivity index (χ1n) is 6.91. The highest BCUT2D eigenvalue weighted by Crippen LogP contribution is 2.46. The van der Waals surface area contributed by atoms with E-state index in [4.69, 9.17) is 0 Å². The summed E-state index contributed by atoms with van der Waals surface area (Å²) in [7, 11) is 0. The van der Waals surface area contributed by atoms with Gasteiger partial charge >= 0.3 is 0 Å². The molecule has 20 heavy (non-hydrogen) atoms. The number of halogens is 1.